The number of sulfone groups is 2. The molecule has 0 atom stereocenters. The first-order chi connectivity index (χ1) is 12.1. The van der Waals surface area contributed by atoms with Gasteiger partial charge in [-0.3, -0.25) is 0 Å². The van der Waals surface area contributed by atoms with Crippen LogP contribution in [0.25, 0.3) is 22.3 Å². The largest absolute Gasteiger partial charge is 0.224 e. The second-order valence-electron chi connectivity index (χ2n) is 6.17. The average Bonchev–Trinajstić information content (AvgIpc) is 2.61. The Bertz CT molecular complexity index is 1030. The van der Waals surface area contributed by atoms with E-state index < -0.39 is 19.7 Å². The molecule has 26 heavy (non-hydrogen) atoms. The fourth-order valence-electron chi connectivity index (χ4n) is 2.64. The number of benzene rings is 3. The summed E-state index contributed by atoms with van der Waals surface area (Å²) in [6.45, 7) is 0. The molecular weight excluding hydrogens is 368 g/mol. The van der Waals surface area contributed by atoms with E-state index in [2.05, 4.69) is 0 Å². The molecule has 0 fully saturated rings. The van der Waals surface area contributed by atoms with E-state index in [0.29, 0.717) is 9.79 Å². The molecule has 0 radical (unpaired) electrons. The highest BCUT2D eigenvalue weighted by atomic mass is 32.2. The molecule has 0 amide bonds. The van der Waals surface area contributed by atoms with Crippen molar-refractivity contribution in [2.75, 3.05) is 12.5 Å². The van der Waals surface area contributed by atoms with Gasteiger partial charge in [-0.1, -0.05) is 48.5 Å². The lowest BCUT2D eigenvalue weighted by Crippen LogP contribution is -1.96. The first kappa shape index (κ1) is 18.4. The summed E-state index contributed by atoms with van der Waals surface area (Å²) in [6, 6.07) is 21.3. The monoisotopic (exact) mass is 386 g/mol. The van der Waals surface area contributed by atoms with Gasteiger partial charge in [-0.15, -0.1) is 0 Å². The first-order valence-electron chi connectivity index (χ1n) is 7.86. The summed E-state index contributed by atoms with van der Waals surface area (Å²) in [4.78, 5) is 0.590. The van der Waals surface area contributed by atoms with E-state index in [4.69, 9.17) is 0 Å². The summed E-state index contributed by atoms with van der Waals surface area (Å²) >= 11 is 0. The van der Waals surface area contributed by atoms with Crippen molar-refractivity contribution in [2.45, 2.75) is 9.79 Å². The van der Waals surface area contributed by atoms with Crippen LogP contribution in [0.4, 0.5) is 0 Å². The minimum Gasteiger partial charge on any atom is -0.224 e. The van der Waals surface area contributed by atoms with E-state index in [0.717, 1.165) is 22.3 Å². The average molecular weight is 386 g/mol. The van der Waals surface area contributed by atoms with Crippen LogP contribution < -0.4 is 0 Å². The third-order valence-corrected chi connectivity index (χ3v) is 6.37. The van der Waals surface area contributed by atoms with Crippen LogP contribution in [-0.2, 0) is 19.7 Å². The lowest BCUT2D eigenvalue weighted by atomic mass is 10.0. The van der Waals surface area contributed by atoms with Crippen LogP contribution in [0.2, 0.25) is 0 Å². The molecule has 3 aromatic carbocycles. The molecule has 0 unspecified atom stereocenters. The second-order valence-corrected chi connectivity index (χ2v) is 10.2. The van der Waals surface area contributed by atoms with E-state index in [1.54, 1.807) is 48.5 Å². The Hall–Kier alpha value is -2.44. The Morgan fingerprint density at radius 2 is 0.615 bits per heavy atom. The van der Waals surface area contributed by atoms with E-state index in [1.807, 2.05) is 24.3 Å². The molecule has 0 heterocycles. The molecule has 0 aliphatic carbocycles. The maximum Gasteiger partial charge on any atom is 0.175 e. The number of hydrogen-bond acceptors (Lipinski definition) is 4. The highest BCUT2D eigenvalue weighted by molar-refractivity contribution is 7.91. The molecule has 0 aliphatic heterocycles. The first-order valence-corrected chi connectivity index (χ1v) is 11.6. The van der Waals surface area contributed by atoms with Crippen molar-refractivity contribution < 1.29 is 16.8 Å². The summed E-state index contributed by atoms with van der Waals surface area (Å²) in [5, 5.41) is 0. The van der Waals surface area contributed by atoms with Gasteiger partial charge in [0.25, 0.3) is 0 Å². The fraction of sp³-hybridized carbons (Fsp3) is 0.100. The lowest BCUT2D eigenvalue weighted by molar-refractivity contribution is 0.600. The summed E-state index contributed by atoms with van der Waals surface area (Å²) in [6.07, 6.45) is 2.37. The number of hydrogen-bond donors (Lipinski definition) is 0. The van der Waals surface area contributed by atoms with Crippen LogP contribution >= 0.6 is 0 Å². The molecule has 3 aromatic rings. The highest BCUT2D eigenvalue weighted by Gasteiger charge is 2.08. The number of rotatable bonds is 4. The molecule has 0 N–H and O–H groups in total. The Morgan fingerprint density at radius 1 is 0.423 bits per heavy atom. The Labute approximate surface area is 154 Å². The normalized spacial score (nSPS) is 12.1. The van der Waals surface area contributed by atoms with E-state index in [1.165, 1.54) is 12.5 Å². The standard InChI is InChI=1S/C20H18O4S2/c1-25(21,22)19-11-7-17(8-12-19)15-3-5-16(6-4-15)18-9-13-20(14-10-18)26(2,23)24/h3-14H,1-2H3. The minimum absolute atomic E-state index is 0.295. The topological polar surface area (TPSA) is 68.3 Å². The Balaban J connectivity index is 1.87. The smallest absolute Gasteiger partial charge is 0.175 e. The summed E-state index contributed by atoms with van der Waals surface area (Å²) in [7, 11) is -6.40. The van der Waals surface area contributed by atoms with Crippen LogP contribution in [-0.4, -0.2) is 29.3 Å². The van der Waals surface area contributed by atoms with Crippen molar-refractivity contribution in [1.29, 1.82) is 0 Å². The summed E-state index contributed by atoms with van der Waals surface area (Å²) in [5.74, 6) is 0. The molecule has 0 saturated heterocycles. The fourth-order valence-corrected chi connectivity index (χ4v) is 3.91. The predicted octanol–water partition coefficient (Wildman–Crippen LogP) is 3.83. The van der Waals surface area contributed by atoms with Gasteiger partial charge in [0.05, 0.1) is 9.79 Å². The third-order valence-electron chi connectivity index (χ3n) is 4.12. The SMILES string of the molecule is CS(=O)(=O)c1ccc(-c2ccc(-c3ccc(S(C)(=O)=O)cc3)cc2)cc1. The molecule has 134 valence electrons. The van der Waals surface area contributed by atoms with Gasteiger partial charge in [0.1, 0.15) is 0 Å². The molecule has 4 nitrogen and oxygen atoms in total. The Morgan fingerprint density at radius 3 is 0.808 bits per heavy atom. The predicted molar refractivity (Wildman–Crippen MR) is 104 cm³/mol. The van der Waals surface area contributed by atoms with E-state index in [-0.39, 0.29) is 0 Å². The van der Waals surface area contributed by atoms with Crippen LogP contribution in [0.3, 0.4) is 0 Å². The van der Waals surface area contributed by atoms with E-state index >= 15 is 0 Å². The van der Waals surface area contributed by atoms with Gasteiger partial charge in [0, 0.05) is 12.5 Å². The lowest BCUT2D eigenvalue weighted by Gasteiger charge is -2.07. The van der Waals surface area contributed by atoms with Gasteiger partial charge in [-0.2, -0.15) is 0 Å². The van der Waals surface area contributed by atoms with E-state index in [9.17, 15) is 16.8 Å². The molecular formula is C20H18O4S2. The maximum atomic E-state index is 11.5. The van der Waals surface area contributed by atoms with Gasteiger partial charge in [-0.25, -0.2) is 16.8 Å². The highest BCUT2D eigenvalue weighted by Crippen LogP contribution is 2.26. The van der Waals surface area contributed by atoms with Crippen molar-refractivity contribution in [3.05, 3.63) is 72.8 Å². The van der Waals surface area contributed by atoms with Crippen molar-refractivity contribution in [3.63, 3.8) is 0 Å². The molecule has 0 aromatic heterocycles. The van der Waals surface area contributed by atoms with Gasteiger partial charge in [0.2, 0.25) is 0 Å². The summed E-state index contributed by atoms with van der Waals surface area (Å²) < 4.78 is 46.1. The van der Waals surface area contributed by atoms with Crippen LogP contribution in [0.5, 0.6) is 0 Å². The quantitative estimate of drug-likeness (QED) is 0.683. The third kappa shape index (κ3) is 4.03. The maximum absolute atomic E-state index is 11.5. The zero-order valence-corrected chi connectivity index (χ0v) is 16.0. The Kier molecular flexibility index (Phi) is 4.73. The zero-order valence-electron chi connectivity index (χ0n) is 14.4. The molecule has 3 rings (SSSR count). The van der Waals surface area contributed by atoms with Crippen molar-refractivity contribution in [1.82, 2.24) is 0 Å². The summed E-state index contributed by atoms with van der Waals surface area (Å²) in [5.41, 5.74) is 3.80. The molecule has 0 spiro atoms. The molecule has 0 aliphatic rings. The van der Waals surface area contributed by atoms with Crippen LogP contribution in [0, 0.1) is 0 Å². The van der Waals surface area contributed by atoms with Gasteiger partial charge in [-0.05, 0) is 46.5 Å². The van der Waals surface area contributed by atoms with Gasteiger partial charge < -0.3 is 0 Å². The van der Waals surface area contributed by atoms with Crippen molar-refractivity contribution in [2.24, 2.45) is 0 Å². The van der Waals surface area contributed by atoms with Gasteiger partial charge in [0.15, 0.2) is 19.7 Å². The van der Waals surface area contributed by atoms with Gasteiger partial charge >= 0.3 is 0 Å². The second kappa shape index (κ2) is 6.70. The van der Waals surface area contributed by atoms with Crippen LogP contribution in [0.1, 0.15) is 0 Å². The van der Waals surface area contributed by atoms with Crippen molar-refractivity contribution in [3.8, 4) is 22.3 Å². The van der Waals surface area contributed by atoms with Crippen molar-refractivity contribution >= 4 is 19.7 Å². The van der Waals surface area contributed by atoms with Crippen LogP contribution in [0.15, 0.2) is 82.6 Å². The molecule has 0 bridgehead atoms. The zero-order chi connectivity index (χ0) is 18.9. The molecule has 0 saturated carbocycles. The molecule has 6 heteroatoms. The minimum atomic E-state index is -3.20.